The molecule has 3 nitrogen and oxygen atoms in total. The molecule has 1 aromatic heterocycles. The molecule has 1 N–H and O–H groups in total. The van der Waals surface area contributed by atoms with Gasteiger partial charge in [-0.2, -0.15) is 11.8 Å². The molecule has 0 aliphatic carbocycles. The number of ether oxygens (including phenoxy) is 1. The van der Waals surface area contributed by atoms with E-state index in [0.717, 1.165) is 24.0 Å². The van der Waals surface area contributed by atoms with E-state index < -0.39 is 5.60 Å². The lowest BCUT2D eigenvalue weighted by Crippen LogP contribution is -2.34. The summed E-state index contributed by atoms with van der Waals surface area (Å²) in [5, 5.41) is 12.2. The van der Waals surface area contributed by atoms with Crippen LogP contribution in [0.1, 0.15) is 36.8 Å². The van der Waals surface area contributed by atoms with Crippen LogP contribution in [0.15, 0.2) is 12.3 Å². The lowest BCUT2D eigenvalue weighted by atomic mass is 9.86. The number of hydrogen-bond donors (Lipinski definition) is 1. The summed E-state index contributed by atoms with van der Waals surface area (Å²) in [7, 11) is 1.63. The first-order chi connectivity index (χ1) is 8.60. The Labute approximate surface area is 112 Å². The molecule has 2 unspecified atom stereocenters. The maximum atomic E-state index is 10.9. The van der Waals surface area contributed by atoms with Crippen LogP contribution in [-0.4, -0.2) is 27.7 Å². The largest absolute Gasteiger partial charge is 0.481 e. The van der Waals surface area contributed by atoms with Crippen LogP contribution in [-0.2, 0) is 5.60 Å². The van der Waals surface area contributed by atoms with Gasteiger partial charge in [-0.25, -0.2) is 4.98 Å². The SMILES string of the molecule is COc1ncc(C2(O)CC3CCC(C2)S3)cc1C. The van der Waals surface area contributed by atoms with E-state index in [1.165, 1.54) is 12.8 Å². The molecule has 1 aromatic rings. The molecule has 3 rings (SSSR count). The Bertz CT molecular complexity index is 451. The number of aryl methyl sites for hydroxylation is 1. The van der Waals surface area contributed by atoms with Gasteiger partial charge in [0, 0.05) is 27.8 Å². The third kappa shape index (κ3) is 2.01. The second kappa shape index (κ2) is 4.42. The van der Waals surface area contributed by atoms with Crippen LogP contribution < -0.4 is 4.74 Å². The van der Waals surface area contributed by atoms with Crippen LogP contribution in [0.4, 0.5) is 0 Å². The molecule has 98 valence electrons. The second-order valence-corrected chi connectivity index (χ2v) is 7.05. The van der Waals surface area contributed by atoms with Gasteiger partial charge in [0.15, 0.2) is 0 Å². The van der Waals surface area contributed by atoms with Crippen molar-refractivity contribution in [2.24, 2.45) is 0 Å². The number of pyridine rings is 1. The zero-order chi connectivity index (χ0) is 12.8. The average molecular weight is 265 g/mol. The van der Waals surface area contributed by atoms with Gasteiger partial charge in [-0.05, 0) is 38.7 Å². The highest BCUT2D eigenvalue weighted by atomic mass is 32.2. The number of nitrogens with zero attached hydrogens (tertiary/aromatic N) is 1. The van der Waals surface area contributed by atoms with E-state index in [1.807, 2.05) is 13.0 Å². The molecule has 2 atom stereocenters. The fraction of sp³-hybridized carbons (Fsp3) is 0.643. The third-order valence-corrected chi connectivity index (χ3v) is 5.66. The number of aromatic nitrogens is 1. The zero-order valence-electron chi connectivity index (χ0n) is 10.8. The molecule has 2 fully saturated rings. The molecule has 2 aliphatic heterocycles. The predicted molar refractivity (Wildman–Crippen MR) is 73.1 cm³/mol. The Balaban J connectivity index is 1.91. The summed E-state index contributed by atoms with van der Waals surface area (Å²) in [6, 6.07) is 2.03. The highest BCUT2D eigenvalue weighted by Crippen LogP contribution is 2.51. The minimum absolute atomic E-state index is 0.621. The lowest BCUT2D eigenvalue weighted by Gasteiger charge is -2.36. The number of thioether (sulfide) groups is 1. The molecule has 0 radical (unpaired) electrons. The maximum Gasteiger partial charge on any atom is 0.215 e. The Kier molecular flexibility index (Phi) is 3.02. The molecular formula is C14H19NO2S. The van der Waals surface area contributed by atoms with Gasteiger partial charge < -0.3 is 9.84 Å². The van der Waals surface area contributed by atoms with Crippen LogP contribution in [0, 0.1) is 6.92 Å². The molecule has 2 aliphatic rings. The van der Waals surface area contributed by atoms with Crippen molar-refractivity contribution >= 4 is 11.8 Å². The van der Waals surface area contributed by atoms with Gasteiger partial charge >= 0.3 is 0 Å². The minimum atomic E-state index is -0.679. The topological polar surface area (TPSA) is 42.4 Å². The first-order valence-corrected chi connectivity index (χ1v) is 7.44. The average Bonchev–Trinajstić information content (AvgIpc) is 2.69. The van der Waals surface area contributed by atoms with Crippen molar-refractivity contribution in [2.45, 2.75) is 48.7 Å². The highest BCUT2D eigenvalue weighted by Gasteiger charge is 2.44. The summed E-state index contributed by atoms with van der Waals surface area (Å²) in [5.41, 5.74) is 1.27. The number of rotatable bonds is 2. The van der Waals surface area contributed by atoms with Gasteiger partial charge in [0.25, 0.3) is 0 Å². The van der Waals surface area contributed by atoms with Crippen molar-refractivity contribution < 1.29 is 9.84 Å². The lowest BCUT2D eigenvalue weighted by molar-refractivity contribution is 0.0192. The predicted octanol–water partition coefficient (Wildman–Crippen LogP) is 2.64. The van der Waals surface area contributed by atoms with E-state index in [-0.39, 0.29) is 0 Å². The fourth-order valence-corrected chi connectivity index (χ4v) is 5.02. The maximum absolute atomic E-state index is 10.9. The van der Waals surface area contributed by atoms with E-state index >= 15 is 0 Å². The van der Waals surface area contributed by atoms with Crippen molar-refractivity contribution in [3.05, 3.63) is 23.4 Å². The van der Waals surface area contributed by atoms with Gasteiger partial charge in [-0.1, -0.05) is 0 Å². The fourth-order valence-electron chi connectivity index (χ4n) is 3.18. The quantitative estimate of drug-likeness (QED) is 0.892. The molecule has 2 bridgehead atoms. The van der Waals surface area contributed by atoms with Gasteiger partial charge in [-0.3, -0.25) is 0 Å². The van der Waals surface area contributed by atoms with E-state index in [1.54, 1.807) is 13.3 Å². The van der Waals surface area contributed by atoms with Crippen molar-refractivity contribution in [1.82, 2.24) is 4.98 Å². The van der Waals surface area contributed by atoms with Gasteiger partial charge in [0.1, 0.15) is 0 Å². The summed E-state index contributed by atoms with van der Waals surface area (Å²) < 4.78 is 5.18. The van der Waals surface area contributed by atoms with E-state index in [9.17, 15) is 5.11 Å². The van der Waals surface area contributed by atoms with Gasteiger partial charge in [-0.15, -0.1) is 0 Å². The molecule has 2 saturated heterocycles. The first kappa shape index (κ1) is 12.3. The van der Waals surface area contributed by atoms with E-state index in [4.69, 9.17) is 4.74 Å². The number of fused-ring (bicyclic) bond motifs is 2. The molecule has 3 heterocycles. The summed E-state index contributed by atoms with van der Waals surface area (Å²) >= 11 is 2.06. The van der Waals surface area contributed by atoms with Crippen LogP contribution in [0.25, 0.3) is 0 Å². The number of aliphatic hydroxyl groups is 1. The molecule has 18 heavy (non-hydrogen) atoms. The van der Waals surface area contributed by atoms with E-state index in [0.29, 0.717) is 16.4 Å². The monoisotopic (exact) mass is 265 g/mol. The van der Waals surface area contributed by atoms with Crippen LogP contribution in [0.3, 0.4) is 0 Å². The van der Waals surface area contributed by atoms with Crippen molar-refractivity contribution in [2.75, 3.05) is 7.11 Å². The van der Waals surface area contributed by atoms with E-state index in [2.05, 4.69) is 16.7 Å². The van der Waals surface area contributed by atoms with Crippen LogP contribution in [0.2, 0.25) is 0 Å². The standard InChI is InChI=1S/C14H19NO2S/c1-9-5-10(8-15-13(9)17-2)14(16)6-11-3-4-12(7-14)18-11/h5,8,11-12,16H,3-4,6-7H2,1-2H3. The Morgan fingerprint density at radius 2 is 2.06 bits per heavy atom. The summed E-state index contributed by atoms with van der Waals surface area (Å²) in [4.78, 5) is 4.30. The highest BCUT2D eigenvalue weighted by molar-refractivity contribution is 8.00. The second-order valence-electron chi connectivity index (χ2n) is 5.45. The summed E-state index contributed by atoms with van der Waals surface area (Å²) in [6.07, 6.45) is 6.00. The molecule has 0 amide bonds. The van der Waals surface area contributed by atoms with Crippen LogP contribution >= 0.6 is 11.8 Å². The Morgan fingerprint density at radius 3 is 2.61 bits per heavy atom. The minimum Gasteiger partial charge on any atom is -0.481 e. The number of hydrogen-bond acceptors (Lipinski definition) is 4. The summed E-state index contributed by atoms with van der Waals surface area (Å²) in [6.45, 7) is 1.98. The van der Waals surface area contributed by atoms with Crippen LogP contribution in [0.5, 0.6) is 5.88 Å². The molecular weight excluding hydrogens is 246 g/mol. The third-order valence-electron chi connectivity index (χ3n) is 4.09. The Hall–Kier alpha value is -0.740. The molecule has 0 saturated carbocycles. The molecule has 0 spiro atoms. The number of methoxy groups -OCH3 is 1. The summed E-state index contributed by atoms with van der Waals surface area (Å²) in [5.74, 6) is 0.649. The van der Waals surface area contributed by atoms with Crippen molar-refractivity contribution in [3.8, 4) is 5.88 Å². The smallest absolute Gasteiger partial charge is 0.215 e. The normalized spacial score (nSPS) is 34.6. The van der Waals surface area contributed by atoms with Crippen molar-refractivity contribution in [3.63, 3.8) is 0 Å². The zero-order valence-corrected chi connectivity index (χ0v) is 11.7. The first-order valence-electron chi connectivity index (χ1n) is 6.50. The Morgan fingerprint density at radius 1 is 1.39 bits per heavy atom. The molecule has 4 heteroatoms. The van der Waals surface area contributed by atoms with Gasteiger partial charge in [0.2, 0.25) is 5.88 Å². The van der Waals surface area contributed by atoms with Gasteiger partial charge in [0.05, 0.1) is 12.7 Å². The molecule has 0 aromatic carbocycles. The van der Waals surface area contributed by atoms with Crippen molar-refractivity contribution in [1.29, 1.82) is 0 Å².